The molecule has 6 nitrogen and oxygen atoms in total. The van der Waals surface area contributed by atoms with E-state index < -0.39 is 0 Å². The van der Waals surface area contributed by atoms with Crippen LogP contribution in [0.2, 0.25) is 0 Å². The fourth-order valence-corrected chi connectivity index (χ4v) is 4.69. The third-order valence-electron chi connectivity index (χ3n) is 6.54. The Kier molecular flexibility index (Phi) is 5.07. The Hall–Kier alpha value is -5.10. The molecule has 37 heavy (non-hydrogen) atoms. The molecular formula is C31H22N4O2. The minimum absolute atomic E-state index is 0.518. The predicted molar refractivity (Wildman–Crippen MR) is 145 cm³/mol. The highest BCUT2D eigenvalue weighted by molar-refractivity contribution is 6.00. The summed E-state index contributed by atoms with van der Waals surface area (Å²) in [7, 11) is 0. The van der Waals surface area contributed by atoms with Gasteiger partial charge in [0.1, 0.15) is 23.6 Å². The third kappa shape index (κ3) is 3.94. The van der Waals surface area contributed by atoms with Crippen LogP contribution in [0.3, 0.4) is 0 Å². The number of aromatic amines is 2. The van der Waals surface area contributed by atoms with Gasteiger partial charge in [-0.3, -0.25) is 5.10 Å². The molecule has 4 aromatic heterocycles. The molecule has 0 aliphatic carbocycles. The number of furan rings is 1. The van der Waals surface area contributed by atoms with E-state index in [1.165, 1.54) is 0 Å². The van der Waals surface area contributed by atoms with Gasteiger partial charge in [0.2, 0.25) is 0 Å². The van der Waals surface area contributed by atoms with Gasteiger partial charge in [0, 0.05) is 22.0 Å². The van der Waals surface area contributed by atoms with Crippen LogP contribution in [0, 0.1) is 0 Å². The van der Waals surface area contributed by atoms with Crippen LogP contribution < -0.4 is 4.74 Å². The molecule has 0 aliphatic rings. The second kappa shape index (κ2) is 8.84. The molecule has 7 aromatic rings. The van der Waals surface area contributed by atoms with Crippen molar-refractivity contribution >= 4 is 21.9 Å². The topological polar surface area (TPSA) is 79.7 Å². The Balaban J connectivity index is 1.24. The third-order valence-corrected chi connectivity index (χ3v) is 6.54. The van der Waals surface area contributed by atoms with Crippen molar-refractivity contribution in [2.45, 2.75) is 6.61 Å². The lowest BCUT2D eigenvalue weighted by Crippen LogP contribution is -1.95. The first kappa shape index (κ1) is 21.2. The summed E-state index contributed by atoms with van der Waals surface area (Å²) in [5.74, 6) is 0.804. The maximum Gasteiger partial charge on any atom is 0.135 e. The van der Waals surface area contributed by atoms with Crippen LogP contribution in [0.5, 0.6) is 5.75 Å². The number of aromatic nitrogens is 4. The van der Waals surface area contributed by atoms with Gasteiger partial charge in [0.05, 0.1) is 29.4 Å². The van der Waals surface area contributed by atoms with Crippen molar-refractivity contribution < 1.29 is 9.15 Å². The molecule has 0 amide bonds. The summed E-state index contributed by atoms with van der Waals surface area (Å²) in [6.07, 6.45) is 3.45. The zero-order valence-electron chi connectivity index (χ0n) is 19.8. The van der Waals surface area contributed by atoms with Crippen molar-refractivity contribution in [1.82, 2.24) is 20.2 Å². The van der Waals surface area contributed by atoms with Gasteiger partial charge in [0.15, 0.2) is 0 Å². The molecule has 178 valence electrons. The largest absolute Gasteiger partial charge is 0.489 e. The van der Waals surface area contributed by atoms with E-state index in [0.717, 1.165) is 67.0 Å². The van der Waals surface area contributed by atoms with Crippen LogP contribution in [0.15, 0.2) is 114 Å². The van der Waals surface area contributed by atoms with Gasteiger partial charge in [-0.2, -0.15) is 5.10 Å². The average Bonchev–Trinajstić information content (AvgIpc) is 3.71. The molecule has 0 aliphatic heterocycles. The van der Waals surface area contributed by atoms with Gasteiger partial charge in [-0.15, -0.1) is 0 Å². The fourth-order valence-electron chi connectivity index (χ4n) is 4.69. The van der Waals surface area contributed by atoms with Crippen molar-refractivity contribution in [2.24, 2.45) is 0 Å². The molecule has 0 saturated carbocycles. The Morgan fingerprint density at radius 3 is 2.59 bits per heavy atom. The van der Waals surface area contributed by atoms with Crippen LogP contribution in [-0.2, 0) is 6.61 Å². The molecule has 0 radical (unpaired) electrons. The van der Waals surface area contributed by atoms with Crippen LogP contribution in [0.4, 0.5) is 0 Å². The number of pyridine rings is 1. The molecule has 2 N–H and O–H groups in total. The fraction of sp³-hybridized carbons (Fsp3) is 0.0323. The Bertz CT molecular complexity index is 1830. The molecule has 0 bridgehead atoms. The van der Waals surface area contributed by atoms with Crippen LogP contribution >= 0.6 is 0 Å². The molecular weight excluding hydrogens is 460 g/mol. The molecule has 0 fully saturated rings. The van der Waals surface area contributed by atoms with Gasteiger partial charge in [0.25, 0.3) is 0 Å². The van der Waals surface area contributed by atoms with E-state index in [2.05, 4.69) is 45.5 Å². The highest BCUT2D eigenvalue weighted by Gasteiger charge is 2.16. The lowest BCUT2D eigenvalue weighted by atomic mass is 10.0. The number of benzene rings is 3. The monoisotopic (exact) mass is 482 g/mol. The van der Waals surface area contributed by atoms with Crippen LogP contribution in [0.1, 0.15) is 5.56 Å². The summed E-state index contributed by atoms with van der Waals surface area (Å²) in [5.41, 5.74) is 9.52. The van der Waals surface area contributed by atoms with E-state index in [0.29, 0.717) is 6.61 Å². The maximum absolute atomic E-state index is 6.04. The molecule has 7 rings (SSSR count). The van der Waals surface area contributed by atoms with E-state index in [1.807, 2.05) is 66.7 Å². The minimum atomic E-state index is 0.518. The van der Waals surface area contributed by atoms with Gasteiger partial charge in [-0.1, -0.05) is 54.6 Å². The number of fused-ring (bicyclic) bond motifs is 2. The van der Waals surface area contributed by atoms with Gasteiger partial charge in [-0.25, -0.2) is 4.98 Å². The summed E-state index contributed by atoms with van der Waals surface area (Å²) < 4.78 is 11.3. The quantitative estimate of drug-likeness (QED) is 0.256. The minimum Gasteiger partial charge on any atom is -0.489 e. The second-order valence-electron chi connectivity index (χ2n) is 8.93. The van der Waals surface area contributed by atoms with Gasteiger partial charge >= 0.3 is 0 Å². The number of rotatable bonds is 6. The van der Waals surface area contributed by atoms with E-state index >= 15 is 0 Å². The summed E-state index contributed by atoms with van der Waals surface area (Å²) in [6.45, 7) is 0.518. The predicted octanol–water partition coefficient (Wildman–Crippen LogP) is 7.61. The molecule has 0 atom stereocenters. The second-order valence-corrected chi connectivity index (χ2v) is 8.93. The van der Waals surface area contributed by atoms with E-state index in [1.54, 1.807) is 12.5 Å². The first-order chi connectivity index (χ1) is 18.3. The lowest BCUT2D eigenvalue weighted by Gasteiger charge is -2.08. The molecule has 0 saturated heterocycles. The zero-order chi connectivity index (χ0) is 24.6. The Morgan fingerprint density at radius 2 is 1.70 bits per heavy atom. The number of hydrogen-bond donors (Lipinski definition) is 2. The maximum atomic E-state index is 6.04. The molecule has 0 unspecified atom stereocenters. The van der Waals surface area contributed by atoms with E-state index in [9.17, 15) is 0 Å². The summed E-state index contributed by atoms with van der Waals surface area (Å²) in [5, 5.41) is 8.84. The average molecular weight is 483 g/mol. The Labute approximate surface area is 212 Å². The van der Waals surface area contributed by atoms with E-state index in [-0.39, 0.29) is 0 Å². The van der Waals surface area contributed by atoms with Crippen LogP contribution in [-0.4, -0.2) is 20.2 Å². The first-order valence-corrected chi connectivity index (χ1v) is 12.1. The number of nitrogens with one attached hydrogen (secondary N) is 2. The van der Waals surface area contributed by atoms with Crippen molar-refractivity contribution in [3.63, 3.8) is 0 Å². The number of nitrogens with zero attached hydrogens (tertiary/aromatic N) is 2. The van der Waals surface area contributed by atoms with Crippen molar-refractivity contribution in [3.05, 3.63) is 115 Å². The number of hydrogen-bond acceptors (Lipinski definition) is 4. The van der Waals surface area contributed by atoms with Gasteiger partial charge < -0.3 is 14.1 Å². The summed E-state index contributed by atoms with van der Waals surface area (Å²) in [4.78, 5) is 8.52. The number of ether oxygens (including phenoxy) is 1. The molecule has 3 aromatic carbocycles. The number of H-pyrrole nitrogens is 2. The SMILES string of the molecule is c1ccc(COc2cccc(-c3ccc4[nH]nc(-c5cc6c(-c7ccoc7)cccc6[nH]5)c4n3)c2)cc1. The standard InChI is InChI=1S/C31H22N4O2/c1-2-6-20(7-3-1)18-37-23-9-4-8-21(16-23)26-12-13-28-30(33-26)31(35-34-28)29-17-25-24(22-14-15-36-19-22)10-5-11-27(25)32-29/h1-17,19,32H,18H2,(H,34,35). The van der Waals surface area contributed by atoms with Gasteiger partial charge in [-0.05, 0) is 53.6 Å². The summed E-state index contributed by atoms with van der Waals surface area (Å²) >= 11 is 0. The zero-order valence-corrected chi connectivity index (χ0v) is 19.8. The van der Waals surface area contributed by atoms with Crippen molar-refractivity contribution in [2.75, 3.05) is 0 Å². The normalized spacial score (nSPS) is 11.4. The van der Waals surface area contributed by atoms with Crippen molar-refractivity contribution in [1.29, 1.82) is 0 Å². The molecule has 4 heterocycles. The molecule has 6 heteroatoms. The van der Waals surface area contributed by atoms with Crippen molar-refractivity contribution in [3.8, 4) is 39.5 Å². The highest BCUT2D eigenvalue weighted by atomic mass is 16.5. The Morgan fingerprint density at radius 1 is 0.784 bits per heavy atom. The highest BCUT2D eigenvalue weighted by Crippen LogP contribution is 2.34. The van der Waals surface area contributed by atoms with Crippen LogP contribution in [0.25, 0.3) is 55.7 Å². The summed E-state index contributed by atoms with van der Waals surface area (Å²) in [6, 6.07) is 32.5. The van der Waals surface area contributed by atoms with E-state index in [4.69, 9.17) is 14.1 Å². The lowest BCUT2D eigenvalue weighted by molar-refractivity contribution is 0.306. The molecule has 0 spiro atoms. The smallest absolute Gasteiger partial charge is 0.135 e. The first-order valence-electron chi connectivity index (χ1n) is 12.1.